The summed E-state index contributed by atoms with van der Waals surface area (Å²) < 4.78 is 25.6. The van der Waals surface area contributed by atoms with Crippen LogP contribution in [0.5, 0.6) is 0 Å². The number of carbonyl (C=O) groups excluding carboxylic acids is 3. The van der Waals surface area contributed by atoms with Crippen molar-refractivity contribution >= 4 is 27.7 Å². The van der Waals surface area contributed by atoms with Crippen LogP contribution in [0.4, 0.5) is 0 Å². The van der Waals surface area contributed by atoms with E-state index in [4.69, 9.17) is 0 Å². The third kappa shape index (κ3) is 5.86. The first kappa shape index (κ1) is 24.2. The van der Waals surface area contributed by atoms with Gasteiger partial charge in [-0.2, -0.15) is 0 Å². The summed E-state index contributed by atoms with van der Waals surface area (Å²) in [5.74, 6) is -0.0636. The summed E-state index contributed by atoms with van der Waals surface area (Å²) in [7, 11) is -0.817. The Kier molecular flexibility index (Phi) is 7.89. The highest BCUT2D eigenvalue weighted by Crippen LogP contribution is 2.28. The van der Waals surface area contributed by atoms with Crippen molar-refractivity contribution in [2.45, 2.75) is 37.0 Å². The van der Waals surface area contributed by atoms with E-state index < -0.39 is 15.9 Å². The summed E-state index contributed by atoms with van der Waals surface area (Å²) >= 11 is 0. The second-order valence-corrected chi connectivity index (χ2v) is 10.8. The minimum absolute atomic E-state index is 0.0138. The van der Waals surface area contributed by atoms with Gasteiger partial charge in [0.1, 0.15) is 0 Å². The van der Waals surface area contributed by atoms with Crippen LogP contribution in [-0.2, 0) is 19.6 Å². The summed E-state index contributed by atoms with van der Waals surface area (Å²) in [6, 6.07) is 5.72. The van der Waals surface area contributed by atoms with E-state index in [1.807, 2.05) is 4.90 Å². The number of carbonyl (C=O) groups is 3. The van der Waals surface area contributed by atoms with Crippen LogP contribution in [0.25, 0.3) is 0 Å². The topological polar surface area (TPSA) is 107 Å². The lowest BCUT2D eigenvalue weighted by molar-refractivity contribution is -0.139. The van der Waals surface area contributed by atoms with Crippen molar-refractivity contribution in [1.29, 1.82) is 0 Å². The fraction of sp³-hybridized carbons (Fsp3) is 0.591. The number of sulfonamides is 1. The van der Waals surface area contributed by atoms with Gasteiger partial charge in [0.2, 0.25) is 21.8 Å². The van der Waals surface area contributed by atoms with E-state index in [0.717, 1.165) is 17.1 Å². The standard InChI is InChI=1S/C22H32N4O5S/c1-24(2)32(30,31)19-9-5-8-18(15-19)22(29)23-16-21(28)26-12-10-25(11-13-26)20(27)14-17-6-3-4-7-17/h5,8-9,15,17H,3-4,6-7,10-14,16H2,1-2H3,(H,23,29). The van der Waals surface area contributed by atoms with Crippen molar-refractivity contribution < 1.29 is 22.8 Å². The third-order valence-electron chi connectivity index (χ3n) is 6.20. The Bertz CT molecular complexity index is 949. The van der Waals surface area contributed by atoms with Gasteiger partial charge in [-0.3, -0.25) is 14.4 Å². The Morgan fingerprint density at radius 1 is 1.00 bits per heavy atom. The first-order valence-electron chi connectivity index (χ1n) is 11.0. The molecule has 3 amide bonds. The molecular formula is C22H32N4O5S. The molecule has 1 aromatic rings. The molecule has 1 aliphatic heterocycles. The number of nitrogens with zero attached hydrogens (tertiary/aromatic N) is 3. The van der Waals surface area contributed by atoms with Gasteiger partial charge in [-0.05, 0) is 37.0 Å². The summed E-state index contributed by atoms with van der Waals surface area (Å²) in [6.07, 6.45) is 5.29. The van der Waals surface area contributed by atoms with Gasteiger partial charge in [0, 0.05) is 52.3 Å². The number of amides is 3. The normalized spacial score (nSPS) is 17.6. The highest BCUT2D eigenvalue weighted by Gasteiger charge is 2.27. The van der Waals surface area contributed by atoms with E-state index in [9.17, 15) is 22.8 Å². The Labute approximate surface area is 189 Å². The zero-order chi connectivity index (χ0) is 23.3. The Morgan fingerprint density at radius 2 is 1.59 bits per heavy atom. The minimum Gasteiger partial charge on any atom is -0.343 e. The van der Waals surface area contributed by atoms with Crippen molar-refractivity contribution in [3.05, 3.63) is 29.8 Å². The Morgan fingerprint density at radius 3 is 2.19 bits per heavy atom. The van der Waals surface area contributed by atoms with Gasteiger partial charge < -0.3 is 15.1 Å². The molecule has 1 aliphatic carbocycles. The molecule has 1 N–H and O–H groups in total. The molecule has 1 saturated heterocycles. The first-order valence-corrected chi connectivity index (χ1v) is 12.5. The molecule has 3 rings (SSSR count). The Balaban J connectivity index is 1.47. The molecule has 32 heavy (non-hydrogen) atoms. The molecule has 0 aromatic heterocycles. The first-order chi connectivity index (χ1) is 15.2. The van der Waals surface area contributed by atoms with E-state index in [-0.39, 0.29) is 28.8 Å². The van der Waals surface area contributed by atoms with Gasteiger partial charge in [0.25, 0.3) is 5.91 Å². The van der Waals surface area contributed by atoms with Gasteiger partial charge in [-0.15, -0.1) is 0 Å². The van der Waals surface area contributed by atoms with Gasteiger partial charge in [-0.25, -0.2) is 12.7 Å². The summed E-state index contributed by atoms with van der Waals surface area (Å²) in [5.41, 5.74) is 0.169. The van der Waals surface area contributed by atoms with Gasteiger partial charge in [0.15, 0.2) is 0 Å². The second kappa shape index (κ2) is 10.4. The van der Waals surface area contributed by atoms with Crippen LogP contribution in [0.1, 0.15) is 42.5 Å². The monoisotopic (exact) mass is 464 g/mol. The third-order valence-corrected chi connectivity index (χ3v) is 8.01. The zero-order valence-corrected chi connectivity index (χ0v) is 19.6. The van der Waals surface area contributed by atoms with Crippen LogP contribution in [0.2, 0.25) is 0 Å². The van der Waals surface area contributed by atoms with Crippen molar-refractivity contribution in [1.82, 2.24) is 19.4 Å². The molecule has 0 unspecified atom stereocenters. The molecule has 0 bridgehead atoms. The molecule has 0 atom stereocenters. The van der Waals surface area contributed by atoms with Crippen molar-refractivity contribution in [2.75, 3.05) is 46.8 Å². The van der Waals surface area contributed by atoms with Crippen molar-refractivity contribution in [3.8, 4) is 0 Å². The lowest BCUT2D eigenvalue weighted by atomic mass is 10.0. The van der Waals surface area contributed by atoms with Gasteiger partial charge in [0.05, 0.1) is 11.4 Å². The second-order valence-electron chi connectivity index (χ2n) is 8.61. The van der Waals surface area contributed by atoms with Crippen LogP contribution >= 0.6 is 0 Å². The maximum atomic E-state index is 12.5. The highest BCUT2D eigenvalue weighted by atomic mass is 32.2. The van der Waals surface area contributed by atoms with Gasteiger partial charge >= 0.3 is 0 Å². The molecule has 2 fully saturated rings. The predicted octanol–water partition coefficient (Wildman–Crippen LogP) is 0.918. The molecule has 1 aromatic carbocycles. The van der Waals surface area contributed by atoms with Crippen LogP contribution < -0.4 is 5.32 Å². The van der Waals surface area contributed by atoms with Gasteiger partial charge in [-0.1, -0.05) is 18.9 Å². The maximum Gasteiger partial charge on any atom is 0.251 e. The fourth-order valence-corrected chi connectivity index (χ4v) is 5.12. The number of hydrogen-bond donors (Lipinski definition) is 1. The number of nitrogens with one attached hydrogen (secondary N) is 1. The van der Waals surface area contributed by atoms with Crippen LogP contribution in [0.15, 0.2) is 29.2 Å². The predicted molar refractivity (Wildman–Crippen MR) is 119 cm³/mol. The molecule has 0 radical (unpaired) electrons. The number of piperazine rings is 1. The fourth-order valence-electron chi connectivity index (χ4n) is 4.17. The maximum absolute atomic E-state index is 12.5. The van der Waals surface area contributed by atoms with Crippen molar-refractivity contribution in [2.24, 2.45) is 5.92 Å². The molecule has 10 heteroatoms. The number of hydrogen-bond acceptors (Lipinski definition) is 5. The number of benzene rings is 1. The van der Waals surface area contributed by atoms with E-state index in [1.165, 1.54) is 51.2 Å². The van der Waals surface area contributed by atoms with Crippen molar-refractivity contribution in [3.63, 3.8) is 0 Å². The number of rotatable bonds is 7. The van der Waals surface area contributed by atoms with Crippen LogP contribution in [-0.4, -0.2) is 87.1 Å². The van der Waals surface area contributed by atoms with E-state index in [1.54, 1.807) is 4.90 Å². The molecule has 2 aliphatic rings. The van der Waals surface area contributed by atoms with Crippen LogP contribution in [0, 0.1) is 5.92 Å². The summed E-state index contributed by atoms with van der Waals surface area (Å²) in [6.45, 7) is 1.73. The quantitative estimate of drug-likeness (QED) is 0.646. The minimum atomic E-state index is -3.66. The van der Waals surface area contributed by atoms with E-state index >= 15 is 0 Å². The average molecular weight is 465 g/mol. The molecular weight excluding hydrogens is 432 g/mol. The SMILES string of the molecule is CN(C)S(=O)(=O)c1cccc(C(=O)NCC(=O)N2CCN(C(=O)CC3CCCC3)CC2)c1. The lowest BCUT2D eigenvalue weighted by Crippen LogP contribution is -2.52. The summed E-state index contributed by atoms with van der Waals surface area (Å²) in [4.78, 5) is 40.9. The smallest absolute Gasteiger partial charge is 0.251 e. The molecule has 176 valence electrons. The lowest BCUT2D eigenvalue weighted by Gasteiger charge is -2.35. The van der Waals surface area contributed by atoms with E-state index in [2.05, 4.69) is 5.32 Å². The molecule has 1 saturated carbocycles. The largest absolute Gasteiger partial charge is 0.343 e. The molecule has 9 nitrogen and oxygen atoms in total. The molecule has 1 heterocycles. The average Bonchev–Trinajstić information content (AvgIpc) is 3.30. The van der Waals surface area contributed by atoms with E-state index in [0.29, 0.717) is 38.5 Å². The van der Waals surface area contributed by atoms with Crippen LogP contribution in [0.3, 0.4) is 0 Å². The zero-order valence-electron chi connectivity index (χ0n) is 18.7. The Hall–Kier alpha value is -2.46. The molecule has 0 spiro atoms. The highest BCUT2D eigenvalue weighted by molar-refractivity contribution is 7.89. The summed E-state index contributed by atoms with van der Waals surface area (Å²) in [5, 5.41) is 2.57.